The fourth-order valence-corrected chi connectivity index (χ4v) is 3.09. The van der Waals surface area contributed by atoms with Gasteiger partial charge in [0.05, 0.1) is 21.3 Å². The van der Waals surface area contributed by atoms with Gasteiger partial charge in [0.25, 0.3) is 5.91 Å². The third-order valence-electron chi connectivity index (χ3n) is 4.21. The molecule has 0 spiro atoms. The number of amides is 1. The maximum atomic E-state index is 12.8. The van der Waals surface area contributed by atoms with Crippen LogP contribution in [-0.2, 0) is 0 Å². The maximum absolute atomic E-state index is 12.8. The van der Waals surface area contributed by atoms with E-state index in [4.69, 9.17) is 14.2 Å². The Morgan fingerprint density at radius 3 is 2.33 bits per heavy atom. The number of carbonyl (C=O) groups is 1. The number of hydrogen-bond acceptors (Lipinski definition) is 5. The quantitative estimate of drug-likeness (QED) is 0.844. The Morgan fingerprint density at radius 2 is 1.83 bits per heavy atom. The highest BCUT2D eigenvalue weighted by Crippen LogP contribution is 2.38. The number of halogens is 1. The molecule has 1 aliphatic rings. The van der Waals surface area contributed by atoms with E-state index < -0.39 is 0 Å². The average molecular weight is 359 g/mol. The van der Waals surface area contributed by atoms with Crippen molar-refractivity contribution < 1.29 is 19.0 Å². The monoisotopic (exact) mass is 358 g/mol. The molecule has 0 saturated carbocycles. The second-order valence-electron chi connectivity index (χ2n) is 5.73. The molecule has 0 radical (unpaired) electrons. The van der Waals surface area contributed by atoms with Gasteiger partial charge in [-0.15, -0.1) is 12.4 Å². The summed E-state index contributed by atoms with van der Waals surface area (Å²) in [5.41, 5.74) is 0.560. The highest BCUT2D eigenvalue weighted by atomic mass is 35.5. The van der Waals surface area contributed by atoms with E-state index in [0.29, 0.717) is 28.7 Å². The van der Waals surface area contributed by atoms with E-state index in [1.807, 2.05) is 11.9 Å². The van der Waals surface area contributed by atoms with Crippen LogP contribution in [0.25, 0.3) is 0 Å². The number of nitrogens with zero attached hydrogens (tertiary/aromatic N) is 1. The number of carbonyl (C=O) groups excluding carboxylic acids is 1. The van der Waals surface area contributed by atoms with Gasteiger partial charge in [0.2, 0.25) is 5.75 Å². The lowest BCUT2D eigenvalue weighted by molar-refractivity contribution is 0.0673. The fraction of sp³-hybridized carbons (Fsp3) is 0.588. The van der Waals surface area contributed by atoms with Crippen molar-refractivity contribution in [2.75, 3.05) is 48.0 Å². The van der Waals surface area contributed by atoms with Crippen molar-refractivity contribution in [2.24, 2.45) is 5.92 Å². The van der Waals surface area contributed by atoms with Crippen LogP contribution in [-0.4, -0.2) is 58.8 Å². The Morgan fingerprint density at radius 1 is 1.21 bits per heavy atom. The first-order valence-corrected chi connectivity index (χ1v) is 7.88. The third kappa shape index (κ3) is 4.45. The molecule has 1 aromatic carbocycles. The van der Waals surface area contributed by atoms with Gasteiger partial charge < -0.3 is 24.4 Å². The Kier molecular flexibility index (Phi) is 8.15. The molecule has 1 amide bonds. The first-order chi connectivity index (χ1) is 11.1. The summed E-state index contributed by atoms with van der Waals surface area (Å²) in [6, 6.07) is 3.43. The zero-order valence-electron chi connectivity index (χ0n) is 14.8. The number of rotatable bonds is 6. The molecular weight excluding hydrogens is 332 g/mol. The van der Waals surface area contributed by atoms with Crippen LogP contribution in [0.5, 0.6) is 17.2 Å². The zero-order chi connectivity index (χ0) is 16.8. The molecule has 6 nitrogen and oxygen atoms in total. The number of hydrogen-bond donors (Lipinski definition) is 1. The SMILES string of the molecule is CNCC1CCCN(C(=O)c2cc(OC)c(OC)c(OC)c2)C1.Cl. The standard InChI is InChI=1S/C17H26N2O4.ClH/c1-18-10-12-6-5-7-19(11-12)17(20)13-8-14(21-2)16(23-4)15(9-13)22-3;/h8-9,12,18H,5-7,10-11H2,1-4H3;1H. The normalized spacial score (nSPS) is 17.0. The van der Waals surface area contributed by atoms with Crippen LogP contribution in [0.15, 0.2) is 12.1 Å². The zero-order valence-corrected chi connectivity index (χ0v) is 15.6. The van der Waals surface area contributed by atoms with E-state index in [-0.39, 0.29) is 18.3 Å². The Bertz CT molecular complexity index is 526. The molecule has 1 saturated heterocycles. The molecular formula is C17H27ClN2O4. The van der Waals surface area contributed by atoms with Gasteiger partial charge in [-0.1, -0.05) is 0 Å². The molecule has 0 aliphatic carbocycles. The van der Waals surface area contributed by atoms with Crippen LogP contribution in [0.4, 0.5) is 0 Å². The van der Waals surface area contributed by atoms with Crippen LogP contribution in [0.3, 0.4) is 0 Å². The summed E-state index contributed by atoms with van der Waals surface area (Å²) in [5, 5.41) is 3.19. The summed E-state index contributed by atoms with van der Waals surface area (Å²) in [6.45, 7) is 2.49. The lowest BCUT2D eigenvalue weighted by atomic mass is 9.97. The molecule has 1 aromatic rings. The Labute approximate surface area is 149 Å². The topological polar surface area (TPSA) is 60.0 Å². The van der Waals surface area contributed by atoms with E-state index in [9.17, 15) is 4.79 Å². The summed E-state index contributed by atoms with van der Waals surface area (Å²) >= 11 is 0. The molecule has 0 bridgehead atoms. The van der Waals surface area contributed by atoms with Gasteiger partial charge in [-0.3, -0.25) is 4.79 Å². The largest absolute Gasteiger partial charge is 0.493 e. The van der Waals surface area contributed by atoms with Gasteiger partial charge in [0, 0.05) is 18.7 Å². The van der Waals surface area contributed by atoms with E-state index >= 15 is 0 Å². The molecule has 1 N–H and O–H groups in total. The van der Waals surface area contributed by atoms with Gasteiger partial charge in [-0.2, -0.15) is 0 Å². The highest BCUT2D eigenvalue weighted by Gasteiger charge is 2.26. The highest BCUT2D eigenvalue weighted by molar-refractivity contribution is 5.95. The summed E-state index contributed by atoms with van der Waals surface area (Å²) in [5.74, 6) is 2.00. The van der Waals surface area contributed by atoms with Crippen molar-refractivity contribution in [1.29, 1.82) is 0 Å². The molecule has 0 aromatic heterocycles. The summed E-state index contributed by atoms with van der Waals surface area (Å²) in [6.07, 6.45) is 2.18. The number of piperidine rings is 1. The molecule has 24 heavy (non-hydrogen) atoms. The van der Waals surface area contributed by atoms with Gasteiger partial charge >= 0.3 is 0 Å². The minimum absolute atomic E-state index is 0. The summed E-state index contributed by atoms with van der Waals surface area (Å²) in [4.78, 5) is 14.7. The molecule has 1 unspecified atom stereocenters. The predicted molar refractivity (Wildman–Crippen MR) is 95.9 cm³/mol. The van der Waals surface area contributed by atoms with Gasteiger partial charge in [0.1, 0.15) is 0 Å². The number of methoxy groups -OCH3 is 3. The van der Waals surface area contributed by atoms with Crippen molar-refractivity contribution in [3.63, 3.8) is 0 Å². The van der Waals surface area contributed by atoms with Crippen LogP contribution in [0.1, 0.15) is 23.2 Å². The van der Waals surface area contributed by atoms with Crippen LogP contribution >= 0.6 is 12.4 Å². The van der Waals surface area contributed by atoms with Gasteiger partial charge in [-0.25, -0.2) is 0 Å². The van der Waals surface area contributed by atoms with E-state index in [0.717, 1.165) is 32.5 Å². The van der Waals surface area contributed by atoms with Crippen molar-refractivity contribution in [3.8, 4) is 17.2 Å². The molecule has 1 fully saturated rings. The van der Waals surface area contributed by atoms with Crippen LogP contribution in [0.2, 0.25) is 0 Å². The van der Waals surface area contributed by atoms with Crippen LogP contribution in [0, 0.1) is 5.92 Å². The number of nitrogens with one attached hydrogen (secondary N) is 1. The average Bonchev–Trinajstić information content (AvgIpc) is 2.60. The van der Waals surface area contributed by atoms with E-state index in [2.05, 4.69) is 5.32 Å². The molecule has 136 valence electrons. The smallest absolute Gasteiger partial charge is 0.254 e. The minimum Gasteiger partial charge on any atom is -0.493 e. The van der Waals surface area contributed by atoms with Gasteiger partial charge in [0.15, 0.2) is 11.5 Å². The van der Waals surface area contributed by atoms with Crippen molar-refractivity contribution >= 4 is 18.3 Å². The molecule has 1 atom stereocenters. The van der Waals surface area contributed by atoms with Crippen molar-refractivity contribution in [2.45, 2.75) is 12.8 Å². The number of ether oxygens (including phenoxy) is 3. The van der Waals surface area contributed by atoms with E-state index in [1.165, 1.54) is 0 Å². The Balaban J connectivity index is 0.00000288. The summed E-state index contributed by atoms with van der Waals surface area (Å²) < 4.78 is 16.0. The molecule has 7 heteroatoms. The Hall–Kier alpha value is -1.66. The third-order valence-corrected chi connectivity index (χ3v) is 4.21. The fourth-order valence-electron chi connectivity index (χ4n) is 3.09. The minimum atomic E-state index is 0. The molecule has 1 aliphatic heterocycles. The van der Waals surface area contributed by atoms with E-state index in [1.54, 1.807) is 33.5 Å². The van der Waals surface area contributed by atoms with Crippen molar-refractivity contribution in [3.05, 3.63) is 17.7 Å². The lowest BCUT2D eigenvalue weighted by Gasteiger charge is -2.33. The van der Waals surface area contributed by atoms with Crippen molar-refractivity contribution in [1.82, 2.24) is 10.2 Å². The number of likely N-dealkylation sites (tertiary alicyclic amines) is 1. The lowest BCUT2D eigenvalue weighted by Crippen LogP contribution is -2.42. The van der Waals surface area contributed by atoms with Gasteiger partial charge in [-0.05, 0) is 44.5 Å². The second kappa shape index (κ2) is 9.59. The molecule has 1 heterocycles. The van der Waals surface area contributed by atoms with Crippen LogP contribution < -0.4 is 19.5 Å². The summed E-state index contributed by atoms with van der Waals surface area (Å²) in [7, 11) is 6.60. The maximum Gasteiger partial charge on any atom is 0.254 e. The predicted octanol–water partition coefficient (Wildman–Crippen LogP) is 2.21. The second-order valence-corrected chi connectivity index (χ2v) is 5.73. The molecule has 2 rings (SSSR count). The first kappa shape index (κ1) is 20.4. The first-order valence-electron chi connectivity index (χ1n) is 7.88. The number of benzene rings is 1.